The molecule has 0 saturated carbocycles. The fourth-order valence-corrected chi connectivity index (χ4v) is 3.55. The molecule has 4 amide bonds. The lowest BCUT2D eigenvalue weighted by atomic mass is 10.1. The second-order valence-corrected chi connectivity index (χ2v) is 7.87. The summed E-state index contributed by atoms with van der Waals surface area (Å²) in [6, 6.07) is -4.98. The van der Waals surface area contributed by atoms with Crippen LogP contribution >= 0.6 is 0 Å². The monoisotopic (exact) mass is 467 g/mol. The highest BCUT2D eigenvalue weighted by Gasteiger charge is 2.39. The molecule has 0 spiro atoms. The smallest absolute Gasteiger partial charge is 0.326 e. The quantitative estimate of drug-likeness (QED) is 0.171. The molecule has 5 atom stereocenters. The van der Waals surface area contributed by atoms with Crippen LogP contribution in [-0.4, -0.2) is 91.5 Å². The first-order chi connectivity index (χ1) is 15.5. The van der Waals surface area contributed by atoms with E-state index in [1.165, 1.54) is 24.3 Å². The standard InChI is InChI=1S/C19H29N7O7/c1-9(27)15(17(30)24-12(19(32)33)5-10-7-22-8-23-10)25-16(29)13-3-2-4-26(13)18(31)11(20)6-14(21)28/h7-9,11-13,15,27H,2-6,20H2,1H3,(H2,21,28)(H,22,23)(H,24,30)(H,25,29)(H,32,33). The highest BCUT2D eigenvalue weighted by Crippen LogP contribution is 2.19. The molecule has 0 radical (unpaired) electrons. The maximum Gasteiger partial charge on any atom is 0.326 e. The van der Waals surface area contributed by atoms with Gasteiger partial charge < -0.3 is 42.2 Å². The van der Waals surface area contributed by atoms with Crippen molar-refractivity contribution in [3.05, 3.63) is 18.2 Å². The fourth-order valence-electron chi connectivity index (χ4n) is 3.55. The number of H-pyrrole nitrogens is 1. The number of nitrogens with one attached hydrogen (secondary N) is 3. The Morgan fingerprint density at radius 3 is 2.55 bits per heavy atom. The highest BCUT2D eigenvalue weighted by molar-refractivity contribution is 5.95. The summed E-state index contributed by atoms with van der Waals surface area (Å²) in [6.07, 6.45) is 1.71. The molecule has 14 heteroatoms. The van der Waals surface area contributed by atoms with Crippen molar-refractivity contribution in [2.24, 2.45) is 11.5 Å². The van der Waals surface area contributed by atoms with Crippen molar-refractivity contribution >= 4 is 29.6 Å². The van der Waals surface area contributed by atoms with Crippen molar-refractivity contribution < 1.29 is 34.2 Å². The van der Waals surface area contributed by atoms with E-state index >= 15 is 0 Å². The summed E-state index contributed by atoms with van der Waals surface area (Å²) < 4.78 is 0. The molecule has 0 aliphatic carbocycles. The van der Waals surface area contributed by atoms with Gasteiger partial charge >= 0.3 is 5.97 Å². The number of carbonyl (C=O) groups excluding carboxylic acids is 4. The van der Waals surface area contributed by atoms with Gasteiger partial charge in [-0.1, -0.05) is 0 Å². The number of amides is 4. The van der Waals surface area contributed by atoms with E-state index in [1.807, 2.05) is 0 Å². The molecule has 9 N–H and O–H groups in total. The third-order valence-electron chi connectivity index (χ3n) is 5.23. The topological polar surface area (TPSA) is 234 Å². The van der Waals surface area contributed by atoms with Crippen molar-refractivity contribution in [2.75, 3.05) is 6.54 Å². The molecule has 5 unspecified atom stereocenters. The fraction of sp³-hybridized carbons (Fsp3) is 0.579. The van der Waals surface area contributed by atoms with Crippen LogP contribution in [0.4, 0.5) is 0 Å². The molecular formula is C19H29N7O7. The lowest BCUT2D eigenvalue weighted by molar-refractivity contribution is -0.144. The highest BCUT2D eigenvalue weighted by atomic mass is 16.4. The third-order valence-corrected chi connectivity index (χ3v) is 5.23. The number of aliphatic hydroxyl groups excluding tert-OH is 1. The van der Waals surface area contributed by atoms with Crippen molar-refractivity contribution in [1.29, 1.82) is 0 Å². The number of rotatable bonds is 11. The van der Waals surface area contributed by atoms with Crippen molar-refractivity contribution in [2.45, 2.75) is 62.9 Å². The SMILES string of the molecule is CC(O)C(NC(=O)C1CCCN1C(=O)C(N)CC(N)=O)C(=O)NC(Cc1cnc[nH]1)C(=O)O. The first kappa shape index (κ1) is 25.7. The summed E-state index contributed by atoms with van der Waals surface area (Å²) in [5, 5.41) is 24.2. The minimum atomic E-state index is -1.47. The van der Waals surface area contributed by atoms with E-state index in [4.69, 9.17) is 11.5 Å². The van der Waals surface area contributed by atoms with E-state index in [9.17, 15) is 34.2 Å². The van der Waals surface area contributed by atoms with E-state index in [0.29, 0.717) is 12.1 Å². The van der Waals surface area contributed by atoms with E-state index in [2.05, 4.69) is 20.6 Å². The summed E-state index contributed by atoms with van der Waals surface area (Å²) in [5.41, 5.74) is 11.2. The molecule has 1 aliphatic rings. The Balaban J connectivity index is 2.07. The second-order valence-electron chi connectivity index (χ2n) is 7.87. The average molecular weight is 467 g/mol. The van der Waals surface area contributed by atoms with Crippen LogP contribution in [0, 0.1) is 0 Å². The minimum absolute atomic E-state index is 0.0931. The number of primary amides is 1. The molecule has 2 heterocycles. The molecule has 33 heavy (non-hydrogen) atoms. The number of nitrogens with zero attached hydrogens (tertiary/aromatic N) is 2. The second kappa shape index (κ2) is 11.4. The minimum Gasteiger partial charge on any atom is -0.480 e. The van der Waals surface area contributed by atoms with E-state index < -0.39 is 59.9 Å². The molecule has 2 rings (SSSR count). The number of carbonyl (C=O) groups is 5. The van der Waals surface area contributed by atoms with Gasteiger partial charge in [0.2, 0.25) is 23.6 Å². The van der Waals surface area contributed by atoms with Gasteiger partial charge in [0.25, 0.3) is 0 Å². The van der Waals surface area contributed by atoms with Gasteiger partial charge in [-0.25, -0.2) is 9.78 Å². The Morgan fingerprint density at radius 1 is 1.30 bits per heavy atom. The molecular weight excluding hydrogens is 438 g/mol. The van der Waals surface area contributed by atoms with Gasteiger partial charge in [-0.15, -0.1) is 0 Å². The third kappa shape index (κ3) is 6.98. The number of aliphatic hydroxyl groups is 1. The lowest BCUT2D eigenvalue weighted by Gasteiger charge is -2.29. The molecule has 14 nitrogen and oxygen atoms in total. The van der Waals surface area contributed by atoms with Gasteiger partial charge in [-0.3, -0.25) is 19.2 Å². The van der Waals surface area contributed by atoms with Crippen LogP contribution in [0.3, 0.4) is 0 Å². The van der Waals surface area contributed by atoms with Crippen LogP contribution in [0.15, 0.2) is 12.5 Å². The predicted molar refractivity (Wildman–Crippen MR) is 112 cm³/mol. The maximum absolute atomic E-state index is 12.8. The van der Waals surface area contributed by atoms with Gasteiger partial charge in [-0.05, 0) is 19.8 Å². The summed E-state index contributed by atoms with van der Waals surface area (Å²) >= 11 is 0. The first-order valence-electron chi connectivity index (χ1n) is 10.3. The number of carboxylic acids is 1. The molecule has 1 aliphatic heterocycles. The number of imidazole rings is 1. The number of likely N-dealkylation sites (tertiary alicyclic amines) is 1. The summed E-state index contributed by atoms with van der Waals surface area (Å²) in [7, 11) is 0. The zero-order valence-electron chi connectivity index (χ0n) is 18.1. The lowest BCUT2D eigenvalue weighted by Crippen LogP contribution is -2.59. The van der Waals surface area contributed by atoms with Crippen molar-refractivity contribution in [1.82, 2.24) is 25.5 Å². The van der Waals surface area contributed by atoms with Crippen molar-refractivity contribution in [3.63, 3.8) is 0 Å². The summed E-state index contributed by atoms with van der Waals surface area (Å²) in [4.78, 5) is 68.4. The van der Waals surface area contributed by atoms with Gasteiger partial charge in [0.1, 0.15) is 18.1 Å². The van der Waals surface area contributed by atoms with Crippen LogP contribution in [0.25, 0.3) is 0 Å². The van der Waals surface area contributed by atoms with Crippen LogP contribution in [-0.2, 0) is 30.4 Å². The normalized spacial score (nSPS) is 19.2. The van der Waals surface area contributed by atoms with Crippen LogP contribution in [0.1, 0.15) is 31.9 Å². The molecule has 1 fully saturated rings. The summed E-state index contributed by atoms with van der Waals surface area (Å²) in [5.74, 6) is -4.33. The van der Waals surface area contributed by atoms with Crippen LogP contribution < -0.4 is 22.1 Å². The molecule has 0 bridgehead atoms. The van der Waals surface area contributed by atoms with Crippen LogP contribution in [0.2, 0.25) is 0 Å². The molecule has 182 valence electrons. The number of hydrogen-bond donors (Lipinski definition) is 7. The Kier molecular flexibility index (Phi) is 8.87. The summed E-state index contributed by atoms with van der Waals surface area (Å²) in [6.45, 7) is 1.48. The zero-order chi connectivity index (χ0) is 24.7. The maximum atomic E-state index is 12.8. The largest absolute Gasteiger partial charge is 0.480 e. The van der Waals surface area contributed by atoms with Gasteiger partial charge in [-0.2, -0.15) is 0 Å². The Labute approximate surface area is 189 Å². The predicted octanol–water partition coefficient (Wildman–Crippen LogP) is -3.42. The van der Waals surface area contributed by atoms with Gasteiger partial charge in [0.15, 0.2) is 0 Å². The van der Waals surface area contributed by atoms with E-state index in [1.54, 1.807) is 0 Å². The molecule has 0 aromatic carbocycles. The number of carboxylic acid groups (broad SMARTS) is 1. The number of hydrogen-bond acceptors (Lipinski definition) is 8. The number of aromatic amines is 1. The van der Waals surface area contributed by atoms with Crippen LogP contribution in [0.5, 0.6) is 0 Å². The molecule has 1 aromatic rings. The number of aromatic nitrogens is 2. The molecule has 1 saturated heterocycles. The van der Waals surface area contributed by atoms with E-state index in [-0.39, 0.29) is 25.8 Å². The van der Waals surface area contributed by atoms with Crippen molar-refractivity contribution in [3.8, 4) is 0 Å². The Bertz CT molecular complexity index is 874. The number of nitrogens with two attached hydrogens (primary N) is 2. The Morgan fingerprint density at radius 2 is 2.00 bits per heavy atom. The first-order valence-corrected chi connectivity index (χ1v) is 10.3. The Hall–Kier alpha value is -3.52. The zero-order valence-corrected chi connectivity index (χ0v) is 18.1. The van der Waals surface area contributed by atoms with E-state index in [0.717, 1.165) is 0 Å². The molecule has 1 aromatic heterocycles. The average Bonchev–Trinajstić information content (AvgIpc) is 3.41. The van der Waals surface area contributed by atoms with Gasteiger partial charge in [0, 0.05) is 24.9 Å². The van der Waals surface area contributed by atoms with Gasteiger partial charge in [0.05, 0.1) is 24.9 Å². The number of aliphatic carboxylic acids is 1.